The number of aromatic nitrogens is 1. The van der Waals surface area contributed by atoms with Crippen LogP contribution in [0.4, 0.5) is 5.69 Å². The van der Waals surface area contributed by atoms with E-state index >= 15 is 0 Å². The molecule has 5 rings (SSSR count). The smallest absolute Gasteiger partial charge is 0.278 e. The molecule has 0 atom stereocenters. The van der Waals surface area contributed by atoms with E-state index in [9.17, 15) is 9.59 Å². The minimum absolute atomic E-state index is 0.230. The van der Waals surface area contributed by atoms with Gasteiger partial charge in [0.25, 0.3) is 11.8 Å². The molecule has 0 unspecified atom stereocenters. The van der Waals surface area contributed by atoms with Crippen molar-refractivity contribution in [1.82, 2.24) is 9.88 Å². The van der Waals surface area contributed by atoms with Crippen LogP contribution < -0.4 is 4.90 Å². The maximum Gasteiger partial charge on any atom is 0.278 e. The number of rotatable bonds is 4. The molecule has 0 N–H and O–H groups in total. The van der Waals surface area contributed by atoms with Gasteiger partial charge in [-0.1, -0.05) is 36.4 Å². The quantitative estimate of drug-likeness (QED) is 0.611. The van der Waals surface area contributed by atoms with Crippen molar-refractivity contribution >= 4 is 23.1 Å². The number of imide groups is 1. The first-order chi connectivity index (χ1) is 15.0. The number of anilines is 1. The molecule has 154 valence electrons. The number of carbonyl (C=O) groups excluding carboxylic acids is 2. The van der Waals surface area contributed by atoms with Gasteiger partial charge < -0.3 is 4.90 Å². The third kappa shape index (κ3) is 3.22. The number of amides is 2. The summed E-state index contributed by atoms with van der Waals surface area (Å²) in [4.78, 5) is 34.7. The van der Waals surface area contributed by atoms with Gasteiger partial charge in [-0.15, -0.1) is 0 Å². The maximum absolute atomic E-state index is 13.6. The van der Waals surface area contributed by atoms with E-state index in [1.54, 1.807) is 12.4 Å². The summed E-state index contributed by atoms with van der Waals surface area (Å²) < 4.78 is 0. The van der Waals surface area contributed by atoms with Gasteiger partial charge in [0.2, 0.25) is 0 Å². The Kier molecular flexibility index (Phi) is 4.66. The lowest BCUT2D eigenvalue weighted by Crippen LogP contribution is -2.34. The topological polar surface area (TPSA) is 53.5 Å². The van der Waals surface area contributed by atoms with Gasteiger partial charge in [-0.05, 0) is 66.3 Å². The van der Waals surface area contributed by atoms with Gasteiger partial charge in [0.05, 0.1) is 12.1 Å². The molecule has 2 aliphatic heterocycles. The van der Waals surface area contributed by atoms with Gasteiger partial charge in [-0.2, -0.15) is 0 Å². The number of pyridine rings is 1. The van der Waals surface area contributed by atoms with Crippen LogP contribution >= 0.6 is 0 Å². The monoisotopic (exact) mass is 409 g/mol. The molecule has 2 aromatic carbocycles. The Bertz CT molecular complexity index is 1230. The maximum atomic E-state index is 13.6. The molecule has 0 aliphatic carbocycles. The highest BCUT2D eigenvalue weighted by Gasteiger charge is 2.43. The molecule has 0 fully saturated rings. The van der Waals surface area contributed by atoms with Crippen molar-refractivity contribution in [3.8, 4) is 0 Å². The molecule has 0 saturated carbocycles. The molecule has 1 aromatic heterocycles. The summed E-state index contributed by atoms with van der Waals surface area (Å²) in [5, 5.41) is 0. The van der Waals surface area contributed by atoms with Crippen LogP contribution in [0.25, 0.3) is 5.57 Å². The van der Waals surface area contributed by atoms with Crippen LogP contribution in [0.5, 0.6) is 0 Å². The molecule has 0 bridgehead atoms. The van der Waals surface area contributed by atoms with E-state index in [4.69, 9.17) is 0 Å². The van der Waals surface area contributed by atoms with Crippen molar-refractivity contribution in [2.24, 2.45) is 0 Å². The predicted molar refractivity (Wildman–Crippen MR) is 120 cm³/mol. The number of aryl methyl sites for hydroxylation is 2. The van der Waals surface area contributed by atoms with Crippen molar-refractivity contribution in [2.75, 3.05) is 11.4 Å². The Labute approximate surface area is 181 Å². The van der Waals surface area contributed by atoms with Crippen LogP contribution in [0.2, 0.25) is 0 Å². The largest absolute Gasteiger partial charge is 0.336 e. The Hall–Kier alpha value is -3.73. The number of benzene rings is 2. The molecule has 0 spiro atoms. The summed E-state index contributed by atoms with van der Waals surface area (Å²) in [7, 11) is 0. The molecular weight excluding hydrogens is 386 g/mol. The molecule has 5 nitrogen and oxygen atoms in total. The fraction of sp³-hybridized carbons (Fsp3) is 0.192. The summed E-state index contributed by atoms with van der Waals surface area (Å²) in [6, 6.07) is 17.7. The van der Waals surface area contributed by atoms with E-state index in [0.717, 1.165) is 34.4 Å². The summed E-state index contributed by atoms with van der Waals surface area (Å²) in [6.07, 6.45) is 4.21. The van der Waals surface area contributed by atoms with Crippen molar-refractivity contribution < 1.29 is 9.59 Å². The van der Waals surface area contributed by atoms with Crippen LogP contribution in [0.1, 0.15) is 27.8 Å². The second-order valence-corrected chi connectivity index (χ2v) is 8.10. The Morgan fingerprint density at radius 2 is 1.68 bits per heavy atom. The lowest BCUT2D eigenvalue weighted by Gasteiger charge is -2.22. The number of carbonyl (C=O) groups is 2. The summed E-state index contributed by atoms with van der Waals surface area (Å²) in [5.74, 6) is -0.490. The first kappa shape index (κ1) is 19.2. The normalized spacial score (nSPS) is 15.8. The van der Waals surface area contributed by atoms with Crippen LogP contribution in [0.15, 0.2) is 72.7 Å². The molecule has 0 radical (unpaired) electrons. The highest BCUT2D eigenvalue weighted by molar-refractivity contribution is 6.36. The van der Waals surface area contributed by atoms with Crippen LogP contribution in [0, 0.1) is 13.8 Å². The number of hydrogen-bond donors (Lipinski definition) is 0. The van der Waals surface area contributed by atoms with Gasteiger partial charge >= 0.3 is 0 Å². The molecule has 3 heterocycles. The van der Waals surface area contributed by atoms with Crippen molar-refractivity contribution in [3.05, 3.63) is 101 Å². The number of fused-ring (bicyclic) bond motifs is 1. The lowest BCUT2D eigenvalue weighted by molar-refractivity contribution is -0.137. The van der Waals surface area contributed by atoms with Crippen molar-refractivity contribution in [1.29, 1.82) is 0 Å². The summed E-state index contributed by atoms with van der Waals surface area (Å²) in [5.41, 5.74) is 7.08. The molecule has 2 amide bonds. The summed E-state index contributed by atoms with van der Waals surface area (Å²) >= 11 is 0. The average Bonchev–Trinajstić information content (AvgIpc) is 3.30. The van der Waals surface area contributed by atoms with E-state index in [1.165, 1.54) is 10.5 Å². The lowest BCUT2D eigenvalue weighted by atomic mass is 9.99. The second kappa shape index (κ2) is 7.51. The molecule has 5 heteroatoms. The SMILES string of the molecule is Cc1ccc(C2=C(N3CCc4ccccc43)C(=O)N(Cc3ccncc3)C2=O)cc1C. The van der Waals surface area contributed by atoms with E-state index in [2.05, 4.69) is 11.1 Å². The standard InChI is InChI=1S/C26H23N3O2/c1-17-7-8-21(15-18(17)2)23-24(28-14-11-20-5-3-4-6-22(20)28)26(31)29(25(23)30)16-19-9-12-27-13-10-19/h3-10,12-13,15H,11,14,16H2,1-2H3. The van der Waals surface area contributed by atoms with Crippen molar-refractivity contribution in [3.63, 3.8) is 0 Å². The Morgan fingerprint density at radius 1 is 0.903 bits per heavy atom. The minimum Gasteiger partial charge on any atom is -0.336 e. The Morgan fingerprint density at radius 3 is 2.45 bits per heavy atom. The Balaban J connectivity index is 1.64. The van der Waals surface area contributed by atoms with Gasteiger partial charge in [-0.25, -0.2) is 0 Å². The summed E-state index contributed by atoms with van der Waals surface area (Å²) in [6.45, 7) is 4.99. The van der Waals surface area contributed by atoms with E-state index in [1.807, 2.05) is 67.3 Å². The van der Waals surface area contributed by atoms with E-state index in [0.29, 0.717) is 17.8 Å². The highest BCUT2D eigenvalue weighted by Crippen LogP contribution is 2.39. The molecule has 2 aliphatic rings. The number of nitrogens with zero attached hydrogens (tertiary/aromatic N) is 3. The molecule has 31 heavy (non-hydrogen) atoms. The third-order valence-electron chi connectivity index (χ3n) is 6.19. The van der Waals surface area contributed by atoms with Crippen molar-refractivity contribution in [2.45, 2.75) is 26.8 Å². The third-order valence-corrected chi connectivity index (χ3v) is 6.19. The van der Waals surface area contributed by atoms with E-state index in [-0.39, 0.29) is 18.4 Å². The zero-order valence-corrected chi connectivity index (χ0v) is 17.6. The first-order valence-electron chi connectivity index (χ1n) is 10.5. The second-order valence-electron chi connectivity index (χ2n) is 8.10. The van der Waals surface area contributed by atoms with E-state index < -0.39 is 0 Å². The van der Waals surface area contributed by atoms with Gasteiger partial charge in [-0.3, -0.25) is 19.5 Å². The zero-order chi connectivity index (χ0) is 21.5. The van der Waals surface area contributed by atoms with Crippen LogP contribution in [-0.4, -0.2) is 28.2 Å². The van der Waals surface area contributed by atoms with Gasteiger partial charge in [0.15, 0.2) is 0 Å². The molecule has 0 saturated heterocycles. The van der Waals surface area contributed by atoms with Crippen LogP contribution in [-0.2, 0) is 22.6 Å². The number of hydrogen-bond acceptors (Lipinski definition) is 4. The van der Waals surface area contributed by atoms with Gasteiger partial charge in [0, 0.05) is 24.6 Å². The predicted octanol–water partition coefficient (Wildman–Crippen LogP) is 4.04. The molecule has 3 aromatic rings. The molecular formula is C26H23N3O2. The van der Waals surface area contributed by atoms with Gasteiger partial charge in [0.1, 0.15) is 5.70 Å². The number of para-hydroxylation sites is 1. The fourth-order valence-electron chi connectivity index (χ4n) is 4.36. The zero-order valence-electron chi connectivity index (χ0n) is 17.6. The first-order valence-corrected chi connectivity index (χ1v) is 10.5. The average molecular weight is 409 g/mol. The fourth-order valence-corrected chi connectivity index (χ4v) is 4.36. The van der Waals surface area contributed by atoms with Crippen LogP contribution in [0.3, 0.4) is 0 Å². The highest BCUT2D eigenvalue weighted by atomic mass is 16.2. The minimum atomic E-state index is -0.246.